The van der Waals surface area contributed by atoms with E-state index in [0.717, 1.165) is 5.56 Å². The molecule has 0 unspecified atom stereocenters. The van der Waals surface area contributed by atoms with Crippen molar-refractivity contribution in [3.8, 4) is 0 Å². The summed E-state index contributed by atoms with van der Waals surface area (Å²) in [7, 11) is 0. The van der Waals surface area contributed by atoms with E-state index in [2.05, 4.69) is 13.2 Å². The van der Waals surface area contributed by atoms with Crippen molar-refractivity contribution in [3.63, 3.8) is 0 Å². The van der Waals surface area contributed by atoms with Crippen LogP contribution in [0.5, 0.6) is 0 Å². The van der Waals surface area contributed by atoms with Gasteiger partial charge < -0.3 is 9.47 Å². The van der Waals surface area contributed by atoms with Gasteiger partial charge in [-0.05, 0) is 5.56 Å². The van der Waals surface area contributed by atoms with Crippen LogP contribution in [0.4, 0.5) is 0 Å². The third-order valence-electron chi connectivity index (χ3n) is 2.06. The first-order valence-corrected chi connectivity index (χ1v) is 5.31. The van der Waals surface area contributed by atoms with Crippen molar-refractivity contribution in [2.75, 3.05) is 13.4 Å². The molecule has 0 saturated heterocycles. The minimum Gasteiger partial charge on any atom is -0.435 e. The Morgan fingerprint density at radius 1 is 1.29 bits per heavy atom. The van der Waals surface area contributed by atoms with Crippen LogP contribution in [-0.2, 0) is 20.7 Å². The number of benzene rings is 1. The van der Waals surface area contributed by atoms with Gasteiger partial charge in [-0.2, -0.15) is 0 Å². The highest BCUT2D eigenvalue weighted by molar-refractivity contribution is 5.88. The van der Waals surface area contributed by atoms with Crippen molar-refractivity contribution in [3.05, 3.63) is 60.7 Å². The molecule has 0 heterocycles. The molecule has 3 heteroatoms. The van der Waals surface area contributed by atoms with Crippen LogP contribution in [0.25, 0.3) is 0 Å². The normalized spacial score (nSPS) is 9.65. The Labute approximate surface area is 101 Å². The van der Waals surface area contributed by atoms with Gasteiger partial charge in [0.15, 0.2) is 6.79 Å². The third-order valence-corrected chi connectivity index (χ3v) is 2.06. The van der Waals surface area contributed by atoms with Crippen LogP contribution < -0.4 is 0 Å². The van der Waals surface area contributed by atoms with Crippen LogP contribution in [0.1, 0.15) is 5.56 Å². The van der Waals surface area contributed by atoms with Crippen molar-refractivity contribution in [2.45, 2.75) is 6.42 Å². The molecule has 17 heavy (non-hydrogen) atoms. The summed E-state index contributed by atoms with van der Waals surface area (Å²) in [5.41, 5.74) is 1.44. The van der Waals surface area contributed by atoms with Gasteiger partial charge in [-0.15, -0.1) is 6.58 Å². The van der Waals surface area contributed by atoms with Crippen LogP contribution in [0.2, 0.25) is 0 Å². The van der Waals surface area contributed by atoms with Crippen LogP contribution in [0, 0.1) is 0 Å². The fraction of sp³-hybridized carbons (Fsp3) is 0.214. The van der Waals surface area contributed by atoms with Gasteiger partial charge in [-0.3, -0.25) is 0 Å². The molecule has 0 fully saturated rings. The molecule has 0 aliphatic rings. The highest BCUT2D eigenvalue weighted by Crippen LogP contribution is 2.07. The molecule has 0 bridgehead atoms. The molecule has 1 aromatic rings. The van der Waals surface area contributed by atoms with Crippen molar-refractivity contribution < 1.29 is 14.3 Å². The SMILES string of the molecule is C=CCOCOC(=O)C(=C)Cc1ccccc1. The number of ether oxygens (including phenoxy) is 2. The van der Waals surface area contributed by atoms with E-state index in [1.54, 1.807) is 6.08 Å². The van der Waals surface area contributed by atoms with Crippen molar-refractivity contribution in [1.82, 2.24) is 0 Å². The van der Waals surface area contributed by atoms with E-state index in [1.807, 2.05) is 30.3 Å². The van der Waals surface area contributed by atoms with Crippen LogP contribution in [-0.4, -0.2) is 19.4 Å². The van der Waals surface area contributed by atoms with Gasteiger partial charge in [0.05, 0.1) is 6.61 Å². The molecule has 0 N–H and O–H groups in total. The summed E-state index contributed by atoms with van der Waals surface area (Å²) in [6, 6.07) is 9.63. The molecule has 0 saturated carbocycles. The molecule has 0 aliphatic carbocycles. The Kier molecular flexibility index (Phi) is 5.75. The summed E-state index contributed by atoms with van der Waals surface area (Å²) in [5, 5.41) is 0. The monoisotopic (exact) mass is 232 g/mol. The Hall–Kier alpha value is -1.87. The van der Waals surface area contributed by atoms with Gasteiger partial charge in [0.2, 0.25) is 0 Å². The van der Waals surface area contributed by atoms with Crippen molar-refractivity contribution >= 4 is 5.97 Å². The molecule has 1 rings (SSSR count). The molecule has 1 aromatic carbocycles. The first-order valence-electron chi connectivity index (χ1n) is 5.31. The first kappa shape index (κ1) is 13.2. The van der Waals surface area contributed by atoms with Crippen LogP contribution in [0.15, 0.2) is 55.1 Å². The van der Waals surface area contributed by atoms with E-state index in [9.17, 15) is 4.79 Å². The summed E-state index contributed by atoms with van der Waals surface area (Å²) < 4.78 is 9.82. The standard InChI is InChI=1S/C14H16O3/c1-3-9-16-11-17-14(15)12(2)10-13-7-5-4-6-8-13/h3-8H,1-2,9-11H2. The lowest BCUT2D eigenvalue weighted by Gasteiger charge is -2.06. The van der Waals surface area contributed by atoms with E-state index in [-0.39, 0.29) is 6.79 Å². The fourth-order valence-electron chi connectivity index (χ4n) is 1.24. The van der Waals surface area contributed by atoms with Gasteiger partial charge >= 0.3 is 5.97 Å². The smallest absolute Gasteiger partial charge is 0.335 e. The number of carbonyl (C=O) groups is 1. The summed E-state index contributed by atoms with van der Waals surface area (Å²) in [4.78, 5) is 11.5. The average Bonchev–Trinajstić information content (AvgIpc) is 2.35. The van der Waals surface area contributed by atoms with E-state index in [0.29, 0.717) is 18.6 Å². The number of hydrogen-bond donors (Lipinski definition) is 0. The molecular weight excluding hydrogens is 216 g/mol. The van der Waals surface area contributed by atoms with Crippen molar-refractivity contribution in [2.24, 2.45) is 0 Å². The Morgan fingerprint density at radius 3 is 2.65 bits per heavy atom. The molecule has 0 aromatic heterocycles. The summed E-state index contributed by atoms with van der Waals surface area (Å²) >= 11 is 0. The van der Waals surface area contributed by atoms with E-state index < -0.39 is 5.97 Å². The van der Waals surface area contributed by atoms with Crippen molar-refractivity contribution in [1.29, 1.82) is 0 Å². The zero-order valence-electron chi connectivity index (χ0n) is 9.72. The zero-order chi connectivity index (χ0) is 12.5. The molecular formula is C14H16O3. The lowest BCUT2D eigenvalue weighted by atomic mass is 10.1. The van der Waals surface area contributed by atoms with Crippen LogP contribution in [0.3, 0.4) is 0 Å². The minimum absolute atomic E-state index is 0.0708. The highest BCUT2D eigenvalue weighted by atomic mass is 16.7. The second kappa shape index (κ2) is 7.41. The number of esters is 1. The van der Waals surface area contributed by atoms with E-state index in [4.69, 9.17) is 9.47 Å². The fourth-order valence-corrected chi connectivity index (χ4v) is 1.24. The topological polar surface area (TPSA) is 35.5 Å². The largest absolute Gasteiger partial charge is 0.435 e. The van der Waals surface area contributed by atoms with E-state index in [1.165, 1.54) is 0 Å². The molecule has 0 spiro atoms. The Bertz CT molecular complexity index is 382. The quantitative estimate of drug-likeness (QED) is 0.238. The number of rotatable bonds is 7. The predicted octanol–water partition coefficient (Wildman–Crippen LogP) is 2.49. The summed E-state index contributed by atoms with van der Waals surface area (Å²) in [6.07, 6.45) is 2.08. The van der Waals surface area contributed by atoms with Gasteiger partial charge in [0, 0.05) is 12.0 Å². The maximum Gasteiger partial charge on any atom is 0.335 e. The number of hydrogen-bond acceptors (Lipinski definition) is 3. The number of carbonyl (C=O) groups excluding carboxylic acids is 1. The summed E-state index contributed by atoms with van der Waals surface area (Å²) in [6.45, 7) is 7.47. The second-order valence-corrected chi connectivity index (χ2v) is 3.48. The van der Waals surface area contributed by atoms with Gasteiger partial charge in [0.1, 0.15) is 0 Å². The zero-order valence-corrected chi connectivity index (χ0v) is 9.72. The van der Waals surface area contributed by atoms with Gasteiger partial charge in [-0.25, -0.2) is 4.79 Å². The van der Waals surface area contributed by atoms with Gasteiger partial charge in [-0.1, -0.05) is 43.0 Å². The maximum absolute atomic E-state index is 11.5. The molecule has 90 valence electrons. The lowest BCUT2D eigenvalue weighted by molar-refractivity contribution is -0.150. The van der Waals surface area contributed by atoms with Gasteiger partial charge in [0.25, 0.3) is 0 Å². The third kappa shape index (κ3) is 5.13. The predicted molar refractivity (Wildman–Crippen MR) is 66.4 cm³/mol. The first-order chi connectivity index (χ1) is 8.24. The summed E-state index contributed by atoms with van der Waals surface area (Å²) in [5.74, 6) is -0.432. The lowest BCUT2D eigenvalue weighted by Crippen LogP contribution is -2.11. The molecule has 0 amide bonds. The molecule has 0 aliphatic heterocycles. The van der Waals surface area contributed by atoms with E-state index >= 15 is 0 Å². The highest BCUT2D eigenvalue weighted by Gasteiger charge is 2.08. The Balaban J connectivity index is 2.32. The second-order valence-electron chi connectivity index (χ2n) is 3.48. The Morgan fingerprint density at radius 2 is 2.00 bits per heavy atom. The minimum atomic E-state index is -0.432. The molecule has 0 atom stereocenters. The molecule has 3 nitrogen and oxygen atoms in total. The molecule has 0 radical (unpaired) electrons. The average molecular weight is 232 g/mol. The van der Waals surface area contributed by atoms with Crippen LogP contribution >= 0.6 is 0 Å². The maximum atomic E-state index is 11.5.